The van der Waals surface area contributed by atoms with E-state index in [1.165, 1.54) is 19.2 Å². The Morgan fingerprint density at radius 1 is 1.33 bits per heavy atom. The van der Waals surface area contributed by atoms with Crippen molar-refractivity contribution in [1.29, 1.82) is 0 Å². The van der Waals surface area contributed by atoms with Crippen LogP contribution in [-0.4, -0.2) is 0 Å². The van der Waals surface area contributed by atoms with Crippen LogP contribution >= 0.6 is 23.2 Å². The SMILES string of the molecule is C/C(N)=C/N(N)c1ccc(Cl)c(C(F)(F)F)c1Cl. The van der Waals surface area contributed by atoms with Gasteiger partial charge in [0.15, 0.2) is 0 Å². The zero-order valence-electron chi connectivity index (χ0n) is 9.22. The number of nitrogens with two attached hydrogens (primary N) is 2. The average molecular weight is 300 g/mol. The summed E-state index contributed by atoms with van der Waals surface area (Å²) in [5.41, 5.74) is 4.53. The van der Waals surface area contributed by atoms with Crippen molar-refractivity contribution < 1.29 is 13.2 Å². The second-order valence-corrected chi connectivity index (χ2v) is 4.32. The summed E-state index contributed by atoms with van der Waals surface area (Å²) >= 11 is 11.2. The van der Waals surface area contributed by atoms with Gasteiger partial charge in [-0.3, -0.25) is 5.01 Å². The van der Waals surface area contributed by atoms with E-state index in [1.807, 2.05) is 0 Å². The number of rotatable bonds is 2. The van der Waals surface area contributed by atoms with E-state index in [9.17, 15) is 13.2 Å². The molecule has 1 rings (SSSR count). The van der Waals surface area contributed by atoms with Crippen LogP contribution in [0.3, 0.4) is 0 Å². The molecule has 3 nitrogen and oxygen atoms in total. The summed E-state index contributed by atoms with van der Waals surface area (Å²) in [6, 6.07) is 2.35. The van der Waals surface area contributed by atoms with Crippen LogP contribution in [0.5, 0.6) is 0 Å². The van der Waals surface area contributed by atoms with Gasteiger partial charge in [-0.05, 0) is 19.1 Å². The monoisotopic (exact) mass is 299 g/mol. The van der Waals surface area contributed by atoms with Crippen molar-refractivity contribution in [2.45, 2.75) is 13.1 Å². The molecule has 0 spiro atoms. The van der Waals surface area contributed by atoms with E-state index in [0.717, 1.165) is 11.1 Å². The molecule has 0 bridgehead atoms. The lowest BCUT2D eigenvalue weighted by Gasteiger charge is -2.19. The van der Waals surface area contributed by atoms with Crippen LogP contribution in [0, 0.1) is 0 Å². The van der Waals surface area contributed by atoms with Gasteiger partial charge < -0.3 is 5.73 Å². The second-order valence-electron chi connectivity index (χ2n) is 3.53. The van der Waals surface area contributed by atoms with Crippen molar-refractivity contribution >= 4 is 28.9 Å². The molecular weight excluding hydrogens is 290 g/mol. The van der Waals surface area contributed by atoms with Gasteiger partial charge in [-0.2, -0.15) is 13.2 Å². The number of nitrogens with zero attached hydrogens (tertiary/aromatic N) is 1. The number of hydrazine groups is 1. The van der Waals surface area contributed by atoms with Crippen LogP contribution in [0.4, 0.5) is 18.9 Å². The summed E-state index contributed by atoms with van der Waals surface area (Å²) in [4.78, 5) is 0. The molecule has 4 N–H and O–H groups in total. The molecule has 0 amide bonds. The molecule has 1 aromatic rings. The van der Waals surface area contributed by atoms with Crippen molar-refractivity contribution in [3.8, 4) is 0 Å². The zero-order valence-corrected chi connectivity index (χ0v) is 10.7. The maximum absolute atomic E-state index is 12.7. The number of hydrogen-bond acceptors (Lipinski definition) is 3. The van der Waals surface area contributed by atoms with E-state index < -0.39 is 21.8 Å². The molecule has 1 aromatic carbocycles. The van der Waals surface area contributed by atoms with Crippen LogP contribution in [0.2, 0.25) is 10.0 Å². The minimum atomic E-state index is -4.66. The molecule has 0 saturated carbocycles. The largest absolute Gasteiger partial charge is 0.419 e. The first kappa shape index (κ1) is 14.9. The van der Waals surface area contributed by atoms with Gasteiger partial charge in [0.05, 0.1) is 21.3 Å². The Morgan fingerprint density at radius 3 is 2.33 bits per heavy atom. The molecule has 0 fully saturated rings. The van der Waals surface area contributed by atoms with E-state index in [0.29, 0.717) is 5.70 Å². The fraction of sp³-hybridized carbons (Fsp3) is 0.200. The maximum atomic E-state index is 12.7. The summed E-state index contributed by atoms with van der Waals surface area (Å²) in [5.74, 6) is 5.54. The van der Waals surface area contributed by atoms with E-state index >= 15 is 0 Å². The molecule has 0 aliphatic carbocycles. The lowest BCUT2D eigenvalue weighted by Crippen LogP contribution is -2.26. The predicted molar refractivity (Wildman–Crippen MR) is 66.1 cm³/mol. The summed E-state index contributed by atoms with van der Waals surface area (Å²) < 4.78 is 38.2. The van der Waals surface area contributed by atoms with Gasteiger partial charge in [0, 0.05) is 11.9 Å². The van der Waals surface area contributed by atoms with E-state index in [1.54, 1.807) is 0 Å². The smallest absolute Gasteiger partial charge is 0.401 e. The Hall–Kier alpha value is -1.11. The third-order valence-electron chi connectivity index (χ3n) is 1.98. The van der Waals surface area contributed by atoms with Gasteiger partial charge in [-0.15, -0.1) is 0 Å². The standard InChI is InChI=1S/C10H10Cl2F3N3/c1-5(16)4-18(17)7-3-2-6(11)8(9(7)12)10(13,14)15/h2-4H,16-17H2,1H3/b5-4-. The van der Waals surface area contributed by atoms with Crippen molar-refractivity contribution in [2.75, 3.05) is 5.01 Å². The molecule has 18 heavy (non-hydrogen) atoms. The number of alkyl halides is 3. The molecule has 0 aliphatic rings. The summed E-state index contributed by atoms with van der Waals surface area (Å²) in [6.45, 7) is 1.54. The van der Waals surface area contributed by atoms with Crippen LogP contribution in [0.1, 0.15) is 12.5 Å². The van der Waals surface area contributed by atoms with Crippen LogP contribution in [-0.2, 0) is 6.18 Å². The van der Waals surface area contributed by atoms with E-state index in [2.05, 4.69) is 0 Å². The first-order valence-corrected chi connectivity index (χ1v) is 5.43. The number of benzene rings is 1. The highest BCUT2D eigenvalue weighted by molar-refractivity contribution is 6.38. The molecule has 100 valence electrons. The third-order valence-corrected chi connectivity index (χ3v) is 2.67. The van der Waals surface area contributed by atoms with Gasteiger partial charge >= 0.3 is 6.18 Å². The van der Waals surface area contributed by atoms with Crippen molar-refractivity contribution in [3.05, 3.63) is 39.6 Å². The minimum Gasteiger partial charge on any atom is -0.401 e. The molecule has 8 heteroatoms. The quantitative estimate of drug-likeness (QED) is 0.649. The Morgan fingerprint density at radius 2 is 1.89 bits per heavy atom. The summed E-state index contributed by atoms with van der Waals surface area (Å²) in [6.07, 6.45) is -3.41. The highest BCUT2D eigenvalue weighted by atomic mass is 35.5. The Balaban J connectivity index is 3.38. The topological polar surface area (TPSA) is 55.3 Å². The first-order valence-electron chi connectivity index (χ1n) is 4.67. The number of halogens is 5. The lowest BCUT2D eigenvalue weighted by atomic mass is 10.2. The van der Waals surface area contributed by atoms with Crippen molar-refractivity contribution in [2.24, 2.45) is 11.6 Å². The summed E-state index contributed by atoms with van der Waals surface area (Å²) in [5, 5.41) is -0.156. The fourth-order valence-corrected chi connectivity index (χ4v) is 1.97. The zero-order chi connectivity index (χ0) is 14.1. The van der Waals surface area contributed by atoms with Gasteiger partial charge in [-0.25, -0.2) is 5.84 Å². The van der Waals surface area contributed by atoms with Gasteiger partial charge in [-0.1, -0.05) is 23.2 Å². The van der Waals surface area contributed by atoms with Crippen molar-refractivity contribution in [1.82, 2.24) is 0 Å². The van der Waals surface area contributed by atoms with Crippen LogP contribution in [0.25, 0.3) is 0 Å². The Labute approximate surface area is 112 Å². The molecule has 0 saturated heterocycles. The third kappa shape index (κ3) is 3.22. The van der Waals surface area contributed by atoms with Crippen LogP contribution in [0.15, 0.2) is 24.0 Å². The molecule has 0 heterocycles. The fourth-order valence-electron chi connectivity index (χ4n) is 1.29. The molecule has 0 atom stereocenters. The molecular formula is C10H10Cl2F3N3. The number of allylic oxidation sites excluding steroid dienone is 1. The van der Waals surface area contributed by atoms with Gasteiger partial charge in [0.1, 0.15) is 0 Å². The first-order chi connectivity index (χ1) is 8.14. The van der Waals surface area contributed by atoms with Crippen LogP contribution < -0.4 is 16.6 Å². The summed E-state index contributed by atoms with van der Waals surface area (Å²) in [7, 11) is 0. The normalized spacial score (nSPS) is 12.7. The molecule has 0 aliphatic heterocycles. The lowest BCUT2D eigenvalue weighted by molar-refractivity contribution is -0.137. The highest BCUT2D eigenvalue weighted by Gasteiger charge is 2.37. The minimum absolute atomic E-state index is 0.0433. The van der Waals surface area contributed by atoms with E-state index in [-0.39, 0.29) is 5.69 Å². The molecule has 0 aromatic heterocycles. The number of anilines is 1. The number of hydrogen-bond donors (Lipinski definition) is 2. The second kappa shape index (κ2) is 5.26. The Bertz CT molecular complexity index is 482. The molecule has 0 unspecified atom stereocenters. The van der Waals surface area contributed by atoms with Gasteiger partial charge in [0.2, 0.25) is 0 Å². The average Bonchev–Trinajstić information content (AvgIpc) is 2.13. The highest BCUT2D eigenvalue weighted by Crippen LogP contribution is 2.43. The maximum Gasteiger partial charge on any atom is 0.419 e. The predicted octanol–water partition coefficient (Wildman–Crippen LogP) is 3.51. The van der Waals surface area contributed by atoms with E-state index in [4.69, 9.17) is 34.8 Å². The van der Waals surface area contributed by atoms with Gasteiger partial charge in [0.25, 0.3) is 0 Å². The van der Waals surface area contributed by atoms with Crippen molar-refractivity contribution in [3.63, 3.8) is 0 Å². The Kier molecular flexibility index (Phi) is 4.37. The molecule has 0 radical (unpaired) electrons.